The molecule has 1 saturated heterocycles. The van der Waals surface area contributed by atoms with Crippen molar-refractivity contribution in [3.63, 3.8) is 0 Å². The Balaban J connectivity index is 1.29. The lowest BCUT2D eigenvalue weighted by molar-refractivity contribution is -0.134. The summed E-state index contributed by atoms with van der Waals surface area (Å²) in [5.74, 6) is 0.300. The molecule has 3 N–H and O–H groups in total. The average molecular weight is 842 g/mol. The summed E-state index contributed by atoms with van der Waals surface area (Å²) in [5.41, 5.74) is 0.517. The van der Waals surface area contributed by atoms with Crippen molar-refractivity contribution in [3.8, 4) is 5.75 Å². The third kappa shape index (κ3) is 22.1. The van der Waals surface area contributed by atoms with Gasteiger partial charge in [-0.05, 0) is 120 Å². The van der Waals surface area contributed by atoms with Gasteiger partial charge >= 0.3 is 0 Å². The highest BCUT2D eigenvalue weighted by Crippen LogP contribution is 2.20. The Morgan fingerprint density at radius 2 is 1.25 bits per heavy atom. The summed E-state index contributed by atoms with van der Waals surface area (Å²) in [6.07, 6.45) is 35.3. The van der Waals surface area contributed by atoms with Gasteiger partial charge in [-0.3, -0.25) is 19.3 Å². The molecule has 0 aromatic heterocycles. The van der Waals surface area contributed by atoms with Crippen LogP contribution in [0.5, 0.6) is 5.75 Å². The number of allylic oxidation sites excluding steroid dienone is 12. The van der Waals surface area contributed by atoms with Crippen LogP contribution in [0.25, 0.3) is 0 Å². The maximum Gasteiger partial charge on any atom is 0.263 e. The van der Waals surface area contributed by atoms with Crippen LogP contribution in [0, 0.1) is 0 Å². The van der Waals surface area contributed by atoms with Gasteiger partial charge in [0.2, 0.25) is 5.91 Å². The summed E-state index contributed by atoms with van der Waals surface area (Å²) in [4.78, 5) is 40.6. The zero-order chi connectivity index (χ0) is 43.1. The van der Waals surface area contributed by atoms with Crippen molar-refractivity contribution in [1.29, 1.82) is 0 Å². The number of carbonyl (C=O) groups is 3. The molecule has 3 amide bonds. The minimum atomic E-state index is -1.08. The van der Waals surface area contributed by atoms with Gasteiger partial charge in [0, 0.05) is 55.8 Å². The van der Waals surface area contributed by atoms with Crippen molar-refractivity contribution in [1.82, 2.24) is 20.9 Å². The number of ether oxygens (including phenoxy) is 2. The van der Waals surface area contributed by atoms with Gasteiger partial charge in [-0.25, -0.2) is 0 Å². The third-order valence-corrected chi connectivity index (χ3v) is 10.2. The van der Waals surface area contributed by atoms with E-state index in [1.807, 2.05) is 24.3 Å². The van der Waals surface area contributed by atoms with Crippen LogP contribution >= 0.6 is 11.6 Å². The first-order valence-electron chi connectivity index (χ1n) is 21.8. The first-order valence-corrected chi connectivity index (χ1v) is 22.1. The van der Waals surface area contributed by atoms with Crippen molar-refractivity contribution in [2.75, 3.05) is 45.9 Å². The van der Waals surface area contributed by atoms with Gasteiger partial charge in [0.05, 0.1) is 13.2 Å². The molecular weight excluding hydrogens is 772 g/mol. The SMILES string of the molecule is CC/C=C\C/C=C\C/C=C\C/C=C\C/C=C\C/C=C\CCC(=O)NCCC(CCNC(=O)C(C)(C)Oc1ccc(CCNC(=O)c2ccc(Cl)cc2)cc1)N1CCOCC1. The molecule has 1 fully saturated rings. The van der Waals surface area contributed by atoms with Gasteiger partial charge in [-0.1, -0.05) is 104 Å². The summed E-state index contributed by atoms with van der Waals surface area (Å²) in [6, 6.07) is 14.6. The molecule has 2 aromatic rings. The average Bonchev–Trinajstić information content (AvgIpc) is 3.25. The quantitative estimate of drug-likeness (QED) is 0.0737. The molecule has 0 aliphatic carbocycles. The lowest BCUT2D eigenvalue weighted by atomic mass is 10.1. The number of carbonyl (C=O) groups excluding carboxylic acids is 3. The minimum absolute atomic E-state index is 0.0522. The van der Waals surface area contributed by atoms with Gasteiger partial charge < -0.3 is 25.4 Å². The first-order chi connectivity index (χ1) is 29.2. The van der Waals surface area contributed by atoms with Crippen LogP contribution in [0.3, 0.4) is 0 Å². The van der Waals surface area contributed by atoms with Crippen LogP contribution in [-0.4, -0.2) is 80.2 Å². The van der Waals surface area contributed by atoms with Gasteiger partial charge in [-0.2, -0.15) is 0 Å². The molecule has 0 spiro atoms. The molecule has 1 aliphatic heterocycles. The van der Waals surface area contributed by atoms with E-state index in [-0.39, 0.29) is 23.8 Å². The molecule has 1 aliphatic rings. The fraction of sp³-hybridized carbons (Fsp3) is 0.460. The largest absolute Gasteiger partial charge is 0.478 e. The lowest BCUT2D eigenvalue weighted by Gasteiger charge is -2.35. The number of hydrogen-bond acceptors (Lipinski definition) is 6. The van der Waals surface area contributed by atoms with Crippen LogP contribution in [-0.2, 0) is 20.7 Å². The second-order valence-electron chi connectivity index (χ2n) is 15.2. The molecule has 1 unspecified atom stereocenters. The summed E-state index contributed by atoms with van der Waals surface area (Å²) >= 11 is 5.91. The van der Waals surface area contributed by atoms with E-state index in [4.69, 9.17) is 21.1 Å². The third-order valence-electron chi connectivity index (χ3n) is 9.91. The molecule has 3 rings (SSSR count). The van der Waals surface area contributed by atoms with Gasteiger partial charge in [-0.15, -0.1) is 0 Å². The highest BCUT2D eigenvalue weighted by atomic mass is 35.5. The van der Waals surface area contributed by atoms with Crippen LogP contribution in [0.4, 0.5) is 0 Å². The Kier molecular flexibility index (Phi) is 25.1. The van der Waals surface area contributed by atoms with Crippen molar-refractivity contribution in [3.05, 3.63) is 138 Å². The Labute approximate surface area is 365 Å². The molecule has 0 radical (unpaired) electrons. The molecule has 0 bridgehead atoms. The van der Waals surface area contributed by atoms with Crippen molar-refractivity contribution < 1.29 is 23.9 Å². The summed E-state index contributed by atoms with van der Waals surface area (Å²) in [5, 5.41) is 9.69. The molecule has 1 atom stereocenters. The lowest BCUT2D eigenvalue weighted by Crippen LogP contribution is -2.49. The number of amides is 3. The van der Waals surface area contributed by atoms with Crippen molar-refractivity contribution >= 4 is 29.3 Å². The fourth-order valence-corrected chi connectivity index (χ4v) is 6.55. The van der Waals surface area contributed by atoms with E-state index in [1.54, 1.807) is 38.1 Å². The van der Waals surface area contributed by atoms with E-state index in [1.165, 1.54) is 0 Å². The van der Waals surface area contributed by atoms with Gasteiger partial charge in [0.15, 0.2) is 5.60 Å². The topological polar surface area (TPSA) is 109 Å². The Morgan fingerprint density at radius 1 is 0.717 bits per heavy atom. The number of halogens is 1. The van der Waals surface area contributed by atoms with E-state index in [2.05, 4.69) is 101 Å². The number of morpholine rings is 1. The first kappa shape index (κ1) is 49.7. The molecule has 1 heterocycles. The monoisotopic (exact) mass is 840 g/mol. The number of hydrogen-bond donors (Lipinski definition) is 3. The zero-order valence-electron chi connectivity index (χ0n) is 36.2. The van der Waals surface area contributed by atoms with Gasteiger partial charge in [0.1, 0.15) is 5.75 Å². The fourth-order valence-electron chi connectivity index (χ4n) is 6.43. The van der Waals surface area contributed by atoms with E-state index < -0.39 is 5.60 Å². The van der Waals surface area contributed by atoms with Crippen molar-refractivity contribution in [2.24, 2.45) is 0 Å². The number of rotatable bonds is 28. The van der Waals surface area contributed by atoms with Crippen molar-refractivity contribution in [2.45, 2.75) is 103 Å². The maximum absolute atomic E-state index is 13.3. The van der Waals surface area contributed by atoms with E-state index in [0.29, 0.717) is 68.4 Å². The van der Waals surface area contributed by atoms with Crippen LogP contribution in [0.1, 0.15) is 101 Å². The van der Waals surface area contributed by atoms with E-state index in [0.717, 1.165) is 70.0 Å². The van der Waals surface area contributed by atoms with Crippen LogP contribution in [0.15, 0.2) is 121 Å². The highest BCUT2D eigenvalue weighted by molar-refractivity contribution is 6.30. The standard InChI is InChI=1S/C50H69ClN4O5/c1-4-5-6-7-8-9-10-11-12-13-14-15-16-17-18-19-20-21-22-23-47(56)52-36-33-45(55-38-40-59-41-39-55)34-37-54-49(58)50(2,3)60-46-30-24-42(25-31-46)32-35-53-48(57)43-26-28-44(51)29-27-43/h5-6,8-9,11-12,14-15,17-18,20-21,24-31,45H,4,7,10,13,16,19,22-23,32-41H2,1-3H3,(H,52,56)(H,53,57)(H,54,58)/b6-5-,9-8-,12-11-,15-14-,18-17-,21-20-. The minimum Gasteiger partial charge on any atom is -0.478 e. The highest BCUT2D eigenvalue weighted by Gasteiger charge is 2.30. The predicted molar refractivity (Wildman–Crippen MR) is 248 cm³/mol. The Hall–Kier alpha value is -4.70. The summed E-state index contributed by atoms with van der Waals surface area (Å²) in [6.45, 7) is 10.2. The molecule has 9 nitrogen and oxygen atoms in total. The molecule has 326 valence electrons. The molecule has 60 heavy (non-hydrogen) atoms. The van der Waals surface area contributed by atoms with Crippen LogP contribution < -0.4 is 20.7 Å². The van der Waals surface area contributed by atoms with Gasteiger partial charge in [0.25, 0.3) is 11.8 Å². The molecule has 10 heteroatoms. The normalized spacial score (nSPS) is 14.6. The second kappa shape index (κ2) is 30.3. The van der Waals surface area contributed by atoms with E-state index >= 15 is 0 Å². The second-order valence-corrected chi connectivity index (χ2v) is 15.6. The van der Waals surface area contributed by atoms with E-state index in [9.17, 15) is 14.4 Å². The number of nitrogens with zero attached hydrogens (tertiary/aromatic N) is 1. The molecule has 2 aromatic carbocycles. The number of benzene rings is 2. The van der Waals surface area contributed by atoms with Crippen LogP contribution in [0.2, 0.25) is 5.02 Å². The molecular formula is C50H69ClN4O5. The molecule has 0 saturated carbocycles. The number of nitrogens with one attached hydrogen (secondary N) is 3. The predicted octanol–water partition coefficient (Wildman–Crippen LogP) is 9.66. The summed E-state index contributed by atoms with van der Waals surface area (Å²) in [7, 11) is 0. The maximum atomic E-state index is 13.3. The Bertz CT molecular complexity index is 1710. The summed E-state index contributed by atoms with van der Waals surface area (Å²) < 4.78 is 11.7. The smallest absolute Gasteiger partial charge is 0.263 e. The Morgan fingerprint density at radius 3 is 1.82 bits per heavy atom. The zero-order valence-corrected chi connectivity index (χ0v) is 37.0.